The first-order valence-electron chi connectivity index (χ1n) is 7.51. The van der Waals surface area contributed by atoms with Gasteiger partial charge in [0.05, 0.1) is 13.4 Å². The predicted molar refractivity (Wildman–Crippen MR) is 91.1 cm³/mol. The Labute approximate surface area is 133 Å². The highest BCUT2D eigenvalue weighted by Gasteiger charge is 2.18. The van der Waals surface area contributed by atoms with Gasteiger partial charge in [0.1, 0.15) is 12.4 Å². The van der Waals surface area contributed by atoms with E-state index in [4.69, 9.17) is 9.47 Å². The Hall–Kier alpha value is -2.22. The lowest BCUT2D eigenvalue weighted by atomic mass is 9.84. The predicted octanol–water partition coefficient (Wildman–Crippen LogP) is 5.01. The van der Waals surface area contributed by atoms with Crippen LogP contribution in [0.2, 0.25) is 0 Å². The summed E-state index contributed by atoms with van der Waals surface area (Å²) in [4.78, 5) is 0. The molecule has 0 aliphatic carbocycles. The number of aryl methyl sites for hydroxylation is 1. The zero-order valence-electron chi connectivity index (χ0n) is 13.8. The van der Waals surface area contributed by atoms with Gasteiger partial charge in [0, 0.05) is 5.41 Å². The molecule has 0 atom stereocenters. The molecular weight excluding hydrogens is 272 g/mol. The molecule has 0 unspecified atom stereocenters. The van der Waals surface area contributed by atoms with Gasteiger partial charge >= 0.3 is 0 Å². The molecule has 0 saturated heterocycles. The molecule has 116 valence electrons. The minimum Gasteiger partial charge on any atom is -0.505 e. The third kappa shape index (κ3) is 4.14. The van der Waals surface area contributed by atoms with E-state index in [1.165, 1.54) is 11.1 Å². The first-order chi connectivity index (χ1) is 10.5. The number of hydrogen-bond acceptors (Lipinski definition) is 2. The molecule has 0 radical (unpaired) electrons. The Morgan fingerprint density at radius 1 is 1.05 bits per heavy atom. The van der Waals surface area contributed by atoms with Crippen molar-refractivity contribution in [2.75, 3.05) is 7.11 Å². The van der Waals surface area contributed by atoms with Crippen LogP contribution in [0.3, 0.4) is 0 Å². The van der Waals surface area contributed by atoms with E-state index in [2.05, 4.69) is 57.2 Å². The van der Waals surface area contributed by atoms with E-state index >= 15 is 0 Å². The number of hydrogen-bond donors (Lipinski definition) is 0. The normalized spacial score (nSPS) is 11.6. The van der Waals surface area contributed by atoms with Crippen LogP contribution in [0.25, 0.3) is 0 Å². The van der Waals surface area contributed by atoms with E-state index < -0.39 is 0 Å². The van der Waals surface area contributed by atoms with E-state index in [1.54, 1.807) is 13.4 Å². The van der Waals surface area contributed by atoms with E-state index in [1.807, 2.05) is 18.2 Å². The summed E-state index contributed by atoms with van der Waals surface area (Å²) in [5, 5.41) is 0. The van der Waals surface area contributed by atoms with E-state index in [9.17, 15) is 0 Å². The molecule has 0 saturated carbocycles. The van der Waals surface area contributed by atoms with Crippen molar-refractivity contribution in [3.05, 3.63) is 77.6 Å². The summed E-state index contributed by atoms with van der Waals surface area (Å²) in [5.74, 6) is 0.930. The van der Waals surface area contributed by atoms with Crippen molar-refractivity contribution in [3.63, 3.8) is 0 Å². The van der Waals surface area contributed by atoms with Gasteiger partial charge in [-0.15, -0.1) is 0 Å². The van der Waals surface area contributed by atoms with Gasteiger partial charge in [-0.3, -0.25) is 0 Å². The summed E-state index contributed by atoms with van der Waals surface area (Å²) in [6.07, 6.45) is 3.79. The Morgan fingerprint density at radius 2 is 1.77 bits per heavy atom. The number of rotatable bonds is 6. The summed E-state index contributed by atoms with van der Waals surface area (Å²) in [5.41, 5.74) is 3.49. The summed E-state index contributed by atoms with van der Waals surface area (Å²) >= 11 is 0. The molecule has 2 aromatic carbocycles. The van der Waals surface area contributed by atoms with Crippen LogP contribution in [0, 0.1) is 6.92 Å². The summed E-state index contributed by atoms with van der Waals surface area (Å²) in [7, 11) is 1.67. The minimum atomic E-state index is -0.0707. The van der Waals surface area contributed by atoms with Gasteiger partial charge in [0.15, 0.2) is 0 Å². The molecule has 0 spiro atoms. The fourth-order valence-corrected chi connectivity index (χ4v) is 2.28. The van der Waals surface area contributed by atoms with Crippen molar-refractivity contribution >= 4 is 0 Å². The van der Waals surface area contributed by atoms with Crippen LogP contribution in [0.1, 0.15) is 30.5 Å². The molecular formula is C20H24O2. The van der Waals surface area contributed by atoms with Crippen LogP contribution in [-0.2, 0) is 16.8 Å². The second kappa shape index (κ2) is 7.17. The van der Waals surface area contributed by atoms with E-state index in [0.29, 0.717) is 6.61 Å². The maximum absolute atomic E-state index is 5.93. The third-order valence-corrected chi connectivity index (χ3v) is 3.78. The molecule has 2 aromatic rings. The number of allylic oxidation sites excluding steroid dienone is 1. The number of benzene rings is 2. The SMILES string of the molecule is COC=CC(C)(C)c1ccc(OCc2ccccc2)c(C)c1. The second-order valence-electron chi connectivity index (χ2n) is 6.01. The number of methoxy groups -OCH3 is 1. The lowest BCUT2D eigenvalue weighted by molar-refractivity contribution is 0.304. The maximum atomic E-state index is 5.93. The van der Waals surface area contributed by atoms with Gasteiger partial charge < -0.3 is 9.47 Å². The van der Waals surface area contributed by atoms with Crippen LogP contribution in [0.4, 0.5) is 0 Å². The van der Waals surface area contributed by atoms with Crippen LogP contribution in [0.5, 0.6) is 5.75 Å². The molecule has 2 heteroatoms. The molecule has 0 aliphatic heterocycles. The molecule has 2 nitrogen and oxygen atoms in total. The van der Waals surface area contributed by atoms with Crippen molar-refractivity contribution in [1.29, 1.82) is 0 Å². The van der Waals surface area contributed by atoms with Gasteiger partial charge in [0.25, 0.3) is 0 Å². The largest absolute Gasteiger partial charge is 0.505 e. The van der Waals surface area contributed by atoms with Crippen LogP contribution in [0.15, 0.2) is 60.9 Å². The first-order valence-corrected chi connectivity index (χ1v) is 7.51. The maximum Gasteiger partial charge on any atom is 0.122 e. The molecule has 0 heterocycles. The number of ether oxygens (including phenoxy) is 2. The van der Waals surface area contributed by atoms with Crippen LogP contribution >= 0.6 is 0 Å². The molecule has 0 N–H and O–H groups in total. The standard InChI is InChI=1S/C20H24O2/c1-16-14-18(20(2,3)12-13-21-4)10-11-19(16)22-15-17-8-6-5-7-9-17/h5-14H,15H2,1-4H3. The quantitative estimate of drug-likeness (QED) is 0.697. The summed E-state index contributed by atoms with van der Waals surface area (Å²) in [6, 6.07) is 16.6. The van der Waals surface area contributed by atoms with Crippen LogP contribution in [-0.4, -0.2) is 7.11 Å². The van der Waals surface area contributed by atoms with Gasteiger partial charge in [-0.25, -0.2) is 0 Å². The second-order valence-corrected chi connectivity index (χ2v) is 6.01. The Balaban J connectivity index is 2.11. The average molecular weight is 296 g/mol. The summed E-state index contributed by atoms with van der Waals surface area (Å²) < 4.78 is 11.0. The fourth-order valence-electron chi connectivity index (χ4n) is 2.28. The highest BCUT2D eigenvalue weighted by Crippen LogP contribution is 2.29. The molecule has 0 aliphatic rings. The Bertz CT molecular complexity index is 627. The topological polar surface area (TPSA) is 18.5 Å². The minimum absolute atomic E-state index is 0.0707. The Kier molecular flexibility index (Phi) is 5.26. The smallest absolute Gasteiger partial charge is 0.122 e. The lowest BCUT2D eigenvalue weighted by Gasteiger charge is -2.22. The van der Waals surface area contributed by atoms with Crippen molar-refractivity contribution in [2.45, 2.75) is 32.8 Å². The monoisotopic (exact) mass is 296 g/mol. The molecule has 0 bridgehead atoms. The van der Waals surface area contributed by atoms with E-state index in [-0.39, 0.29) is 5.41 Å². The van der Waals surface area contributed by atoms with Crippen LogP contribution < -0.4 is 4.74 Å². The van der Waals surface area contributed by atoms with Gasteiger partial charge in [-0.1, -0.05) is 56.3 Å². The van der Waals surface area contributed by atoms with Crippen molar-refractivity contribution in [3.8, 4) is 5.75 Å². The molecule has 0 amide bonds. The van der Waals surface area contributed by atoms with Crippen molar-refractivity contribution in [1.82, 2.24) is 0 Å². The van der Waals surface area contributed by atoms with E-state index in [0.717, 1.165) is 11.3 Å². The highest BCUT2D eigenvalue weighted by atomic mass is 16.5. The highest BCUT2D eigenvalue weighted by molar-refractivity contribution is 5.40. The van der Waals surface area contributed by atoms with Gasteiger partial charge in [-0.2, -0.15) is 0 Å². The zero-order valence-corrected chi connectivity index (χ0v) is 13.8. The molecule has 0 fully saturated rings. The lowest BCUT2D eigenvalue weighted by Crippen LogP contribution is -2.14. The third-order valence-electron chi connectivity index (χ3n) is 3.78. The Morgan fingerprint density at radius 3 is 2.41 bits per heavy atom. The molecule has 2 rings (SSSR count). The van der Waals surface area contributed by atoms with Gasteiger partial charge in [0.2, 0.25) is 0 Å². The first kappa shape index (κ1) is 16.2. The fraction of sp³-hybridized carbons (Fsp3) is 0.300. The van der Waals surface area contributed by atoms with Crippen molar-refractivity contribution in [2.24, 2.45) is 0 Å². The molecule has 0 aromatic heterocycles. The van der Waals surface area contributed by atoms with Gasteiger partial charge in [-0.05, 0) is 35.8 Å². The zero-order chi connectivity index (χ0) is 16.0. The van der Waals surface area contributed by atoms with Crippen molar-refractivity contribution < 1.29 is 9.47 Å². The molecule has 22 heavy (non-hydrogen) atoms. The average Bonchev–Trinajstić information content (AvgIpc) is 2.52. The summed E-state index contributed by atoms with van der Waals surface area (Å²) in [6.45, 7) is 7.01.